The number of sulfonamides is 1. The highest BCUT2D eigenvalue weighted by atomic mass is 32.2. The van der Waals surface area contributed by atoms with Crippen LogP contribution in [-0.2, 0) is 21.2 Å². The molecule has 1 amide bonds. The van der Waals surface area contributed by atoms with Gasteiger partial charge in [0.1, 0.15) is 5.72 Å². The number of nitrogens with zero attached hydrogens (tertiary/aromatic N) is 1. The molecule has 2 aromatic carbocycles. The van der Waals surface area contributed by atoms with Gasteiger partial charge in [-0.3, -0.25) is 4.79 Å². The van der Waals surface area contributed by atoms with Crippen molar-refractivity contribution in [2.75, 3.05) is 26.4 Å². The first-order valence-corrected chi connectivity index (χ1v) is 14.0. The van der Waals surface area contributed by atoms with Crippen molar-refractivity contribution in [2.45, 2.75) is 57.6 Å². The molecule has 0 aromatic heterocycles. The molecule has 1 unspecified atom stereocenters. The maximum Gasteiger partial charge on any atom is 0.245 e. The van der Waals surface area contributed by atoms with Crippen LogP contribution in [0.1, 0.15) is 46.1 Å². The van der Waals surface area contributed by atoms with Crippen LogP contribution in [-0.4, -0.2) is 55.9 Å². The lowest BCUT2D eigenvalue weighted by atomic mass is 9.89. The van der Waals surface area contributed by atoms with Crippen LogP contribution >= 0.6 is 0 Å². The Kier molecular flexibility index (Phi) is 9.22. The van der Waals surface area contributed by atoms with Crippen LogP contribution in [0, 0.1) is 11.3 Å². The van der Waals surface area contributed by atoms with E-state index in [1.165, 1.54) is 12.1 Å². The lowest BCUT2D eigenvalue weighted by Crippen LogP contribution is -2.55. The van der Waals surface area contributed by atoms with Crippen LogP contribution in [0.3, 0.4) is 0 Å². The van der Waals surface area contributed by atoms with Crippen molar-refractivity contribution in [1.29, 1.82) is 0 Å². The molecular formula is C27H39N3O6S. The molecule has 10 heteroatoms. The summed E-state index contributed by atoms with van der Waals surface area (Å²) in [6, 6.07) is 13.6. The molecule has 0 saturated carbocycles. The molecular weight excluding hydrogens is 494 g/mol. The van der Waals surface area contributed by atoms with Gasteiger partial charge in [0.05, 0.1) is 4.90 Å². The Balaban J connectivity index is 1.94. The number of rotatable bonds is 13. The second-order valence-corrected chi connectivity index (χ2v) is 12.6. The number of amides is 1. The summed E-state index contributed by atoms with van der Waals surface area (Å²) in [5, 5.41) is 14.9. The van der Waals surface area contributed by atoms with Gasteiger partial charge in [0.2, 0.25) is 22.7 Å². The fourth-order valence-electron chi connectivity index (χ4n) is 4.18. The van der Waals surface area contributed by atoms with E-state index < -0.39 is 15.7 Å². The summed E-state index contributed by atoms with van der Waals surface area (Å²) in [5.74, 6) is 0.529. The van der Waals surface area contributed by atoms with E-state index in [1.54, 1.807) is 6.07 Å². The van der Waals surface area contributed by atoms with E-state index in [0.29, 0.717) is 18.0 Å². The minimum absolute atomic E-state index is 0.00221. The largest absolute Gasteiger partial charge is 0.454 e. The zero-order chi connectivity index (χ0) is 27.3. The van der Waals surface area contributed by atoms with Crippen LogP contribution in [0.25, 0.3) is 0 Å². The fourth-order valence-corrected chi connectivity index (χ4v) is 6.03. The Morgan fingerprint density at radius 1 is 1.14 bits per heavy atom. The summed E-state index contributed by atoms with van der Waals surface area (Å²) in [6.07, 6.45) is 0.271. The zero-order valence-corrected chi connectivity index (χ0v) is 22.9. The molecule has 0 spiro atoms. The molecule has 0 radical (unpaired) electrons. The third kappa shape index (κ3) is 7.44. The average Bonchev–Trinajstić information content (AvgIpc) is 3.31. The van der Waals surface area contributed by atoms with Crippen molar-refractivity contribution in [2.24, 2.45) is 17.1 Å². The summed E-state index contributed by atoms with van der Waals surface area (Å²) in [6.45, 7) is 8.13. The average molecular weight is 534 g/mol. The van der Waals surface area contributed by atoms with E-state index in [2.05, 4.69) is 5.32 Å². The molecule has 1 atom stereocenters. The predicted molar refractivity (Wildman–Crippen MR) is 141 cm³/mol. The van der Waals surface area contributed by atoms with E-state index in [1.807, 2.05) is 58.0 Å². The Morgan fingerprint density at radius 2 is 1.81 bits per heavy atom. The van der Waals surface area contributed by atoms with Crippen LogP contribution in [0.5, 0.6) is 11.5 Å². The fraction of sp³-hybridized carbons (Fsp3) is 0.519. The Bertz CT molecular complexity index is 1170. The van der Waals surface area contributed by atoms with Crippen LogP contribution in [0.2, 0.25) is 0 Å². The molecule has 0 bridgehead atoms. The minimum atomic E-state index is -4.16. The number of carbonyl (C=O) groups is 1. The summed E-state index contributed by atoms with van der Waals surface area (Å²) in [7, 11) is -4.16. The molecule has 9 nitrogen and oxygen atoms in total. The highest BCUT2D eigenvalue weighted by Crippen LogP contribution is 2.37. The highest BCUT2D eigenvalue weighted by Gasteiger charge is 2.43. The summed E-state index contributed by atoms with van der Waals surface area (Å²) in [5.41, 5.74) is 4.35. The molecule has 0 fully saturated rings. The third-order valence-corrected chi connectivity index (χ3v) is 8.22. The van der Waals surface area contributed by atoms with Crippen molar-refractivity contribution >= 4 is 15.9 Å². The first-order valence-electron chi connectivity index (χ1n) is 12.5. The third-order valence-electron chi connectivity index (χ3n) is 6.30. The van der Waals surface area contributed by atoms with Gasteiger partial charge < -0.3 is 25.6 Å². The van der Waals surface area contributed by atoms with Crippen molar-refractivity contribution < 1.29 is 27.8 Å². The molecule has 4 N–H and O–H groups in total. The van der Waals surface area contributed by atoms with E-state index in [0.717, 1.165) is 9.87 Å². The Morgan fingerprint density at radius 3 is 2.46 bits per heavy atom. The number of nitrogens with one attached hydrogen (secondary N) is 1. The number of nitrogens with two attached hydrogens (primary N) is 1. The van der Waals surface area contributed by atoms with Crippen molar-refractivity contribution in [3.63, 3.8) is 0 Å². The number of ether oxygens (including phenoxy) is 2. The number of aliphatic hydroxyl groups is 1. The lowest BCUT2D eigenvalue weighted by molar-refractivity contribution is -0.123. The van der Waals surface area contributed by atoms with Crippen molar-refractivity contribution in [1.82, 2.24) is 9.62 Å². The molecule has 0 aliphatic carbocycles. The second kappa shape index (κ2) is 11.8. The predicted octanol–water partition coefficient (Wildman–Crippen LogP) is 2.87. The number of benzene rings is 2. The van der Waals surface area contributed by atoms with Gasteiger partial charge in [0.25, 0.3) is 0 Å². The van der Waals surface area contributed by atoms with Crippen LogP contribution in [0.15, 0.2) is 53.4 Å². The first kappa shape index (κ1) is 28.9. The standard InChI is InChI=1S/C27H39N3O6S/c1-20(2)17-30(37(33,34)22-10-11-23-24(14-22)36-19-35-23)27(32,15-21-8-6-5-7-9-21)12-13-29-25(31)16-26(3,4)18-28/h5-11,14,20,32H,12-13,15-19,28H2,1-4H3,(H,29,31). The monoisotopic (exact) mass is 533 g/mol. The van der Waals surface area contributed by atoms with Gasteiger partial charge in [-0.2, -0.15) is 4.31 Å². The molecule has 204 valence electrons. The van der Waals surface area contributed by atoms with Gasteiger partial charge >= 0.3 is 0 Å². The van der Waals surface area contributed by atoms with Gasteiger partial charge in [-0.15, -0.1) is 0 Å². The maximum atomic E-state index is 14.0. The zero-order valence-electron chi connectivity index (χ0n) is 22.1. The molecule has 2 aromatic rings. The van der Waals surface area contributed by atoms with Crippen LogP contribution < -0.4 is 20.5 Å². The number of hydrogen-bond acceptors (Lipinski definition) is 7. The number of carbonyl (C=O) groups excluding carboxylic acids is 1. The topological polar surface area (TPSA) is 131 Å². The Hall–Kier alpha value is -2.66. The smallest absolute Gasteiger partial charge is 0.245 e. The van der Waals surface area contributed by atoms with Crippen molar-refractivity contribution in [3.8, 4) is 11.5 Å². The lowest BCUT2D eigenvalue weighted by Gasteiger charge is -2.40. The molecule has 1 aliphatic heterocycles. The van der Waals surface area contributed by atoms with Gasteiger partial charge in [-0.1, -0.05) is 58.0 Å². The van der Waals surface area contributed by atoms with Gasteiger partial charge in [0, 0.05) is 38.4 Å². The summed E-state index contributed by atoms with van der Waals surface area (Å²) < 4.78 is 39.9. The van der Waals surface area contributed by atoms with E-state index in [-0.39, 0.29) is 61.3 Å². The number of hydrogen-bond donors (Lipinski definition) is 3. The van der Waals surface area contributed by atoms with E-state index in [4.69, 9.17) is 15.2 Å². The molecule has 3 rings (SSSR count). The second-order valence-electron chi connectivity index (χ2n) is 10.7. The molecule has 0 saturated heterocycles. The molecule has 1 heterocycles. The van der Waals surface area contributed by atoms with Gasteiger partial charge in [-0.25, -0.2) is 8.42 Å². The Labute approximate surface area is 220 Å². The molecule has 37 heavy (non-hydrogen) atoms. The highest BCUT2D eigenvalue weighted by molar-refractivity contribution is 7.89. The van der Waals surface area contributed by atoms with Gasteiger partial charge in [-0.05, 0) is 35.6 Å². The quantitative estimate of drug-likeness (QED) is 0.338. The minimum Gasteiger partial charge on any atom is -0.454 e. The maximum absolute atomic E-state index is 14.0. The normalized spacial score (nSPS) is 15.1. The summed E-state index contributed by atoms with van der Waals surface area (Å²) >= 11 is 0. The van der Waals surface area contributed by atoms with Crippen molar-refractivity contribution in [3.05, 3.63) is 54.1 Å². The van der Waals surface area contributed by atoms with E-state index in [9.17, 15) is 18.3 Å². The van der Waals surface area contributed by atoms with E-state index >= 15 is 0 Å². The summed E-state index contributed by atoms with van der Waals surface area (Å²) in [4.78, 5) is 12.5. The first-order chi connectivity index (χ1) is 17.4. The van der Waals surface area contributed by atoms with Crippen LogP contribution in [0.4, 0.5) is 0 Å². The number of fused-ring (bicyclic) bond motifs is 1. The molecule has 1 aliphatic rings. The SMILES string of the molecule is CC(C)CN(C(O)(CCNC(=O)CC(C)(C)CN)Cc1ccccc1)S(=O)(=O)c1ccc2c(c1)OCO2. The van der Waals surface area contributed by atoms with Gasteiger partial charge in [0.15, 0.2) is 11.5 Å².